The fourth-order valence-electron chi connectivity index (χ4n) is 7.54. The number of benzene rings is 6. The van der Waals surface area contributed by atoms with E-state index in [9.17, 15) is 0 Å². The molecule has 0 radical (unpaired) electrons. The van der Waals surface area contributed by atoms with E-state index in [1.807, 2.05) is 0 Å². The van der Waals surface area contributed by atoms with Crippen LogP contribution in [-0.4, -0.2) is 12.3 Å². The van der Waals surface area contributed by atoms with Gasteiger partial charge in [0.25, 0.3) is 0 Å². The van der Waals surface area contributed by atoms with Gasteiger partial charge in [-0.05, 0) is 0 Å². The maximum atomic E-state index is 2.64. The minimum absolute atomic E-state index is 0. The van der Waals surface area contributed by atoms with Crippen LogP contribution in [0.5, 0.6) is 0 Å². The molecule has 0 amide bonds. The molecule has 0 unspecified atom stereocenters. The van der Waals surface area contributed by atoms with E-state index in [0.29, 0.717) is 0 Å². The summed E-state index contributed by atoms with van der Waals surface area (Å²) in [7, 11) is 0. The molecule has 6 aromatic rings. The number of hydrogen-bond acceptors (Lipinski definition) is 0. The number of fused-ring (bicyclic) bond motifs is 12. The van der Waals surface area contributed by atoms with E-state index in [-0.39, 0.29) is 24.8 Å². The molecular weight excluding hydrogens is 647 g/mol. The molecule has 0 N–H and O–H groups in total. The average molecular weight is 678 g/mol. The molecule has 0 spiro atoms. The first kappa shape index (κ1) is 29.3. The third-order valence-electron chi connectivity index (χ3n) is 9.07. The summed E-state index contributed by atoms with van der Waals surface area (Å²) in [6, 6.07) is 36.4. The van der Waals surface area contributed by atoms with E-state index >= 15 is 0 Å². The van der Waals surface area contributed by atoms with Gasteiger partial charge in [-0.15, -0.1) is 0 Å². The molecule has 0 heterocycles. The van der Waals surface area contributed by atoms with Crippen LogP contribution in [0.25, 0.3) is 55.2 Å². The van der Waals surface area contributed by atoms with Crippen molar-refractivity contribution in [2.45, 2.75) is 26.9 Å². The van der Waals surface area contributed by atoms with E-state index < -0.39 is 25.9 Å². The van der Waals surface area contributed by atoms with Crippen molar-refractivity contribution in [1.82, 2.24) is 0 Å². The summed E-state index contributed by atoms with van der Waals surface area (Å²) in [5, 5.41) is 11.2. The Morgan fingerprint density at radius 2 is 0.714 bits per heavy atom. The van der Waals surface area contributed by atoms with Crippen LogP contribution in [0.15, 0.2) is 108 Å². The summed E-state index contributed by atoms with van der Waals surface area (Å²) >= 11 is -2.36. The Hall–Kier alpha value is -2.74. The van der Waals surface area contributed by atoms with Crippen molar-refractivity contribution >= 4 is 67.6 Å². The zero-order chi connectivity index (χ0) is 27.1. The zero-order valence-corrected chi connectivity index (χ0v) is 29.4. The van der Waals surface area contributed by atoms with E-state index in [1.54, 1.807) is 17.5 Å². The molecule has 0 aliphatic heterocycles. The molecule has 2 aliphatic carbocycles. The quantitative estimate of drug-likeness (QED) is 0.185. The topological polar surface area (TPSA) is 0 Å². The maximum Gasteiger partial charge on any atom is -1.00 e. The largest absolute Gasteiger partial charge is 1.00 e. The number of hydrogen-bond donors (Lipinski definition) is 0. The van der Waals surface area contributed by atoms with Crippen molar-refractivity contribution in [1.29, 1.82) is 0 Å². The second-order valence-corrected chi connectivity index (χ2v) is 30.5. The molecule has 0 atom stereocenters. The molecule has 42 heavy (non-hydrogen) atoms. The summed E-state index contributed by atoms with van der Waals surface area (Å²) < 4.78 is 3.52. The molecule has 0 aromatic heterocycles. The van der Waals surface area contributed by atoms with Crippen LogP contribution in [-0.2, 0) is 19.9 Å². The molecule has 2 aliphatic rings. The van der Waals surface area contributed by atoms with Gasteiger partial charge in [0.2, 0.25) is 0 Å². The van der Waals surface area contributed by atoms with Crippen LogP contribution in [0, 0.1) is 0 Å². The molecular formula is C38H31Cl2SiZr. The minimum atomic E-state index is -2.36. The van der Waals surface area contributed by atoms with E-state index in [4.69, 9.17) is 0 Å². The van der Waals surface area contributed by atoms with Crippen molar-refractivity contribution in [3.63, 3.8) is 0 Å². The van der Waals surface area contributed by atoms with Crippen LogP contribution in [0.3, 0.4) is 0 Å². The van der Waals surface area contributed by atoms with Gasteiger partial charge in [0.15, 0.2) is 0 Å². The molecule has 0 saturated carbocycles. The van der Waals surface area contributed by atoms with Crippen molar-refractivity contribution in [2.24, 2.45) is 0 Å². The predicted octanol–water partition coefficient (Wildman–Crippen LogP) is 3.48. The summed E-state index contributed by atoms with van der Waals surface area (Å²) in [5.74, 6) is -1.03. The van der Waals surface area contributed by atoms with Gasteiger partial charge in [0.1, 0.15) is 0 Å². The Kier molecular flexibility index (Phi) is 7.73. The molecule has 205 valence electrons. The Labute approximate surface area is 267 Å². The SMILES string of the molecule is CC1=Cc2c(c3ccccc3c3ccccc23)/[C]1=[Zr+2](=[C]1/C(C)=Cc2c1c1ccccc1c1ccccc21)\[SiH](C)C.[Cl-].[Cl-]. The van der Waals surface area contributed by atoms with E-state index in [1.165, 1.54) is 65.4 Å². The zero-order valence-electron chi connectivity index (χ0n) is 24.2. The first-order valence-corrected chi connectivity index (χ1v) is 24.0. The Morgan fingerprint density at radius 3 is 1.05 bits per heavy atom. The smallest absolute Gasteiger partial charge is 1.00 e. The number of allylic oxidation sites excluding steroid dienone is 2. The summed E-state index contributed by atoms with van der Waals surface area (Å²) in [6.07, 6.45) is 5.06. The van der Waals surface area contributed by atoms with Gasteiger partial charge in [-0.1, -0.05) is 0 Å². The number of rotatable bonds is 1. The first-order valence-electron chi connectivity index (χ1n) is 14.4. The average Bonchev–Trinajstić information content (AvgIpc) is 3.51. The van der Waals surface area contributed by atoms with Gasteiger partial charge in [-0.2, -0.15) is 0 Å². The van der Waals surface area contributed by atoms with Crippen molar-refractivity contribution in [2.75, 3.05) is 0 Å². The standard InChI is InChI=1S/2C18H12.C2H7Si.2ClH.Zr/c2*1-12-10-17-15-8-4-2-6-13(15)14-7-3-5-9-16(14)18(17)11-12;1-3-2;;;/h2*2-10H,1H3;3H,1-2H3;2*1H;/q;;;;;+2/p-2. The monoisotopic (exact) mass is 675 g/mol. The normalized spacial score (nSPS) is 15.5. The van der Waals surface area contributed by atoms with Gasteiger partial charge in [-0.25, -0.2) is 0 Å². The van der Waals surface area contributed by atoms with Gasteiger partial charge in [0.05, 0.1) is 0 Å². The fourth-order valence-corrected chi connectivity index (χ4v) is 27.3. The van der Waals surface area contributed by atoms with E-state index in [2.05, 4.69) is 136 Å². The molecule has 8 rings (SSSR count). The summed E-state index contributed by atoms with van der Waals surface area (Å²) in [5.41, 5.74) is 9.07. The second-order valence-electron chi connectivity index (χ2n) is 11.7. The molecule has 6 aromatic carbocycles. The molecule has 0 nitrogen and oxygen atoms in total. The van der Waals surface area contributed by atoms with Crippen LogP contribution in [0.2, 0.25) is 13.1 Å². The van der Waals surface area contributed by atoms with Crippen LogP contribution >= 0.6 is 0 Å². The van der Waals surface area contributed by atoms with Crippen molar-refractivity contribution in [3.8, 4) is 0 Å². The van der Waals surface area contributed by atoms with Crippen molar-refractivity contribution in [3.05, 3.63) is 130 Å². The minimum Gasteiger partial charge on any atom is -1.00 e. The third-order valence-corrected chi connectivity index (χ3v) is 28.0. The third kappa shape index (κ3) is 4.10. The summed E-state index contributed by atoms with van der Waals surface area (Å²) in [6.45, 7) is 10.1. The van der Waals surface area contributed by atoms with Gasteiger partial charge < -0.3 is 24.8 Å². The Balaban J connectivity index is 0.00000158. The van der Waals surface area contributed by atoms with Crippen LogP contribution in [0.1, 0.15) is 36.1 Å². The predicted molar refractivity (Wildman–Crippen MR) is 177 cm³/mol. The second kappa shape index (κ2) is 11.1. The van der Waals surface area contributed by atoms with Gasteiger partial charge in [-0.3, -0.25) is 0 Å². The summed E-state index contributed by atoms with van der Waals surface area (Å²) in [4.78, 5) is 0. The Bertz CT molecular complexity index is 2110. The number of halogens is 2. The van der Waals surface area contributed by atoms with Crippen LogP contribution in [0.4, 0.5) is 0 Å². The fraction of sp³-hybridized carbons (Fsp3) is 0.105. The first-order chi connectivity index (χ1) is 19.5. The van der Waals surface area contributed by atoms with E-state index in [0.717, 1.165) is 0 Å². The van der Waals surface area contributed by atoms with Crippen molar-refractivity contribution < 1.29 is 44.8 Å². The Morgan fingerprint density at radius 1 is 0.429 bits per heavy atom. The molecule has 0 saturated heterocycles. The van der Waals surface area contributed by atoms with Gasteiger partial charge >= 0.3 is 245 Å². The molecule has 0 fully saturated rings. The van der Waals surface area contributed by atoms with Gasteiger partial charge in [0, 0.05) is 0 Å². The van der Waals surface area contributed by atoms with Crippen LogP contribution < -0.4 is 24.8 Å². The maximum absolute atomic E-state index is 2.64. The molecule has 4 heteroatoms. The molecule has 0 bridgehead atoms.